The van der Waals surface area contributed by atoms with E-state index in [1.165, 1.54) is 11.6 Å². The van der Waals surface area contributed by atoms with Crippen molar-refractivity contribution in [2.75, 3.05) is 7.05 Å². The van der Waals surface area contributed by atoms with Crippen LogP contribution in [-0.2, 0) is 13.0 Å². The normalized spacial score (nSPS) is 10.4. The number of hydrogen-bond acceptors (Lipinski definition) is 1. The van der Waals surface area contributed by atoms with Crippen molar-refractivity contribution in [1.29, 1.82) is 0 Å². The van der Waals surface area contributed by atoms with Gasteiger partial charge in [-0.1, -0.05) is 19.4 Å². The van der Waals surface area contributed by atoms with Gasteiger partial charge in [0, 0.05) is 6.54 Å². The number of benzene rings is 1. The predicted octanol–water partition coefficient (Wildman–Crippen LogP) is 2.50. The van der Waals surface area contributed by atoms with E-state index in [1.54, 1.807) is 6.07 Å². The van der Waals surface area contributed by atoms with Crippen molar-refractivity contribution in [1.82, 2.24) is 5.32 Å². The molecule has 0 saturated heterocycles. The van der Waals surface area contributed by atoms with Crippen LogP contribution in [0.5, 0.6) is 0 Å². The van der Waals surface area contributed by atoms with Crippen molar-refractivity contribution in [2.24, 2.45) is 0 Å². The fourth-order valence-corrected chi connectivity index (χ4v) is 1.46. The number of aryl methyl sites for hydroxylation is 1. The van der Waals surface area contributed by atoms with Crippen LogP contribution in [-0.4, -0.2) is 7.05 Å². The second kappa shape index (κ2) is 4.97. The summed E-state index contributed by atoms with van der Waals surface area (Å²) in [5.41, 5.74) is 2.32. The molecule has 0 aliphatic carbocycles. The molecule has 0 bridgehead atoms. The summed E-state index contributed by atoms with van der Waals surface area (Å²) < 4.78 is 12.9. The van der Waals surface area contributed by atoms with Gasteiger partial charge in [0.1, 0.15) is 5.82 Å². The third kappa shape index (κ3) is 2.81. The average molecular weight is 181 g/mol. The molecule has 0 radical (unpaired) electrons. The van der Waals surface area contributed by atoms with E-state index in [-0.39, 0.29) is 5.82 Å². The number of halogens is 1. The maximum absolute atomic E-state index is 12.9. The number of hydrogen-bond donors (Lipinski definition) is 1. The summed E-state index contributed by atoms with van der Waals surface area (Å²) in [5, 5.41) is 3.08. The maximum atomic E-state index is 12.9. The van der Waals surface area contributed by atoms with Gasteiger partial charge in [-0.15, -0.1) is 0 Å². The van der Waals surface area contributed by atoms with Crippen LogP contribution in [0.25, 0.3) is 0 Å². The van der Waals surface area contributed by atoms with Crippen LogP contribution in [0.2, 0.25) is 0 Å². The highest BCUT2D eigenvalue weighted by molar-refractivity contribution is 5.27. The topological polar surface area (TPSA) is 12.0 Å². The summed E-state index contributed by atoms with van der Waals surface area (Å²) in [6, 6.07) is 5.01. The van der Waals surface area contributed by atoms with Crippen molar-refractivity contribution in [3.8, 4) is 0 Å². The van der Waals surface area contributed by atoms with Gasteiger partial charge in [0.2, 0.25) is 0 Å². The second-order valence-corrected chi connectivity index (χ2v) is 3.19. The van der Waals surface area contributed by atoms with Crippen molar-refractivity contribution in [3.05, 3.63) is 35.1 Å². The first kappa shape index (κ1) is 10.2. The van der Waals surface area contributed by atoms with E-state index in [0.717, 1.165) is 24.9 Å². The van der Waals surface area contributed by atoms with Gasteiger partial charge in [-0.2, -0.15) is 0 Å². The Balaban J connectivity index is 2.89. The molecule has 1 aromatic rings. The highest BCUT2D eigenvalue weighted by Gasteiger charge is 2.01. The molecular weight excluding hydrogens is 165 g/mol. The Morgan fingerprint density at radius 2 is 2.08 bits per heavy atom. The molecule has 0 atom stereocenters. The molecule has 72 valence electrons. The highest BCUT2D eigenvalue weighted by atomic mass is 19.1. The molecule has 13 heavy (non-hydrogen) atoms. The van der Waals surface area contributed by atoms with E-state index < -0.39 is 0 Å². The maximum Gasteiger partial charge on any atom is 0.123 e. The highest BCUT2D eigenvalue weighted by Crippen LogP contribution is 2.13. The SMILES string of the molecule is CCCc1cc(F)ccc1CNC. The van der Waals surface area contributed by atoms with E-state index in [1.807, 2.05) is 13.1 Å². The Bertz CT molecular complexity index is 271. The van der Waals surface area contributed by atoms with Crippen molar-refractivity contribution in [3.63, 3.8) is 0 Å². The van der Waals surface area contributed by atoms with Crippen molar-refractivity contribution in [2.45, 2.75) is 26.3 Å². The van der Waals surface area contributed by atoms with Crippen LogP contribution < -0.4 is 5.32 Å². The summed E-state index contributed by atoms with van der Waals surface area (Å²) in [4.78, 5) is 0. The van der Waals surface area contributed by atoms with Crippen LogP contribution in [0.4, 0.5) is 4.39 Å². The third-order valence-electron chi connectivity index (χ3n) is 2.05. The van der Waals surface area contributed by atoms with Crippen LogP contribution in [0.15, 0.2) is 18.2 Å². The number of rotatable bonds is 4. The van der Waals surface area contributed by atoms with Crippen LogP contribution in [0.3, 0.4) is 0 Å². The van der Waals surface area contributed by atoms with E-state index in [0.29, 0.717) is 0 Å². The minimum atomic E-state index is -0.136. The summed E-state index contributed by atoms with van der Waals surface area (Å²) in [6.07, 6.45) is 2.01. The van der Waals surface area contributed by atoms with Gasteiger partial charge in [-0.3, -0.25) is 0 Å². The Morgan fingerprint density at radius 1 is 1.31 bits per heavy atom. The fourth-order valence-electron chi connectivity index (χ4n) is 1.46. The zero-order valence-electron chi connectivity index (χ0n) is 8.23. The third-order valence-corrected chi connectivity index (χ3v) is 2.05. The molecule has 2 heteroatoms. The van der Waals surface area contributed by atoms with Gasteiger partial charge in [-0.25, -0.2) is 4.39 Å². The predicted molar refractivity (Wildman–Crippen MR) is 53.2 cm³/mol. The van der Waals surface area contributed by atoms with Crippen LogP contribution in [0, 0.1) is 5.82 Å². The molecule has 0 aromatic heterocycles. The average Bonchev–Trinajstić information content (AvgIpc) is 2.10. The van der Waals surface area contributed by atoms with Crippen molar-refractivity contribution >= 4 is 0 Å². The van der Waals surface area contributed by atoms with Gasteiger partial charge in [0.05, 0.1) is 0 Å². The van der Waals surface area contributed by atoms with Gasteiger partial charge in [0.15, 0.2) is 0 Å². The molecular formula is C11H16FN. The first-order valence-electron chi connectivity index (χ1n) is 4.69. The Labute approximate surface area is 79.0 Å². The smallest absolute Gasteiger partial charge is 0.123 e. The van der Waals surface area contributed by atoms with Crippen LogP contribution in [0.1, 0.15) is 24.5 Å². The Kier molecular flexibility index (Phi) is 3.90. The lowest BCUT2D eigenvalue weighted by atomic mass is 10.0. The zero-order valence-corrected chi connectivity index (χ0v) is 8.23. The van der Waals surface area contributed by atoms with E-state index in [4.69, 9.17) is 0 Å². The standard InChI is InChI=1S/C11H16FN/c1-3-4-9-7-11(12)6-5-10(9)8-13-2/h5-7,13H,3-4,8H2,1-2H3. The first-order chi connectivity index (χ1) is 6.27. The van der Waals surface area contributed by atoms with E-state index in [9.17, 15) is 4.39 Å². The largest absolute Gasteiger partial charge is 0.316 e. The summed E-state index contributed by atoms with van der Waals surface area (Å²) in [6.45, 7) is 2.92. The molecule has 0 spiro atoms. The molecule has 0 aliphatic heterocycles. The van der Waals surface area contributed by atoms with Gasteiger partial charge in [-0.05, 0) is 36.7 Å². The number of nitrogens with one attached hydrogen (secondary N) is 1. The molecule has 1 nitrogen and oxygen atoms in total. The Hall–Kier alpha value is -0.890. The molecule has 0 amide bonds. The lowest BCUT2D eigenvalue weighted by Crippen LogP contribution is -2.07. The second-order valence-electron chi connectivity index (χ2n) is 3.19. The Morgan fingerprint density at radius 3 is 2.69 bits per heavy atom. The molecule has 0 saturated carbocycles. The van der Waals surface area contributed by atoms with E-state index >= 15 is 0 Å². The van der Waals surface area contributed by atoms with Crippen LogP contribution >= 0.6 is 0 Å². The summed E-state index contributed by atoms with van der Waals surface area (Å²) >= 11 is 0. The minimum Gasteiger partial charge on any atom is -0.316 e. The van der Waals surface area contributed by atoms with Crippen molar-refractivity contribution < 1.29 is 4.39 Å². The molecule has 1 rings (SSSR count). The minimum absolute atomic E-state index is 0.136. The summed E-state index contributed by atoms with van der Waals surface area (Å²) in [7, 11) is 1.90. The van der Waals surface area contributed by atoms with Gasteiger partial charge in [0.25, 0.3) is 0 Å². The zero-order chi connectivity index (χ0) is 9.68. The molecule has 0 heterocycles. The summed E-state index contributed by atoms with van der Waals surface area (Å²) in [5.74, 6) is -0.136. The molecule has 0 fully saturated rings. The molecule has 1 N–H and O–H groups in total. The molecule has 0 unspecified atom stereocenters. The van der Waals surface area contributed by atoms with Gasteiger partial charge < -0.3 is 5.32 Å². The quantitative estimate of drug-likeness (QED) is 0.752. The fraction of sp³-hybridized carbons (Fsp3) is 0.455. The monoisotopic (exact) mass is 181 g/mol. The molecule has 1 aromatic carbocycles. The molecule has 0 aliphatic rings. The first-order valence-corrected chi connectivity index (χ1v) is 4.69. The lowest BCUT2D eigenvalue weighted by Gasteiger charge is -2.07. The van der Waals surface area contributed by atoms with Gasteiger partial charge >= 0.3 is 0 Å². The lowest BCUT2D eigenvalue weighted by molar-refractivity contribution is 0.622. The van der Waals surface area contributed by atoms with E-state index in [2.05, 4.69) is 12.2 Å².